The van der Waals surface area contributed by atoms with Gasteiger partial charge >= 0.3 is 12.0 Å². The minimum Gasteiger partial charge on any atom is -0.486 e. The zero-order valence-corrected chi connectivity index (χ0v) is 15.8. The molecule has 7 nitrogen and oxygen atoms in total. The maximum Gasteiger partial charge on any atom is 0.338 e. The van der Waals surface area contributed by atoms with Gasteiger partial charge in [0.1, 0.15) is 29.2 Å². The summed E-state index contributed by atoms with van der Waals surface area (Å²) in [4.78, 5) is 24.6. The molecule has 0 saturated carbocycles. The van der Waals surface area contributed by atoms with Gasteiger partial charge in [0.25, 0.3) is 0 Å². The number of hydrogen-bond donors (Lipinski definition) is 2. The highest BCUT2D eigenvalue weighted by Crippen LogP contribution is 2.33. The van der Waals surface area contributed by atoms with Gasteiger partial charge in [0.05, 0.1) is 29.2 Å². The molecule has 0 radical (unpaired) electrons. The first-order valence-electron chi connectivity index (χ1n) is 8.09. The molecule has 2 N–H and O–H groups in total. The van der Waals surface area contributed by atoms with E-state index in [1.807, 2.05) is 0 Å². The Morgan fingerprint density at radius 1 is 1.26 bits per heavy atom. The van der Waals surface area contributed by atoms with E-state index >= 15 is 0 Å². The second kappa shape index (κ2) is 8.37. The Balaban J connectivity index is 1.95. The van der Waals surface area contributed by atoms with Crippen molar-refractivity contribution in [1.82, 2.24) is 10.6 Å². The van der Waals surface area contributed by atoms with Gasteiger partial charge in [0, 0.05) is 0 Å². The third-order valence-corrected chi connectivity index (χ3v) is 4.57. The lowest BCUT2D eigenvalue weighted by Gasteiger charge is -2.27. The van der Waals surface area contributed by atoms with Crippen molar-refractivity contribution in [2.24, 2.45) is 0 Å². The molecule has 2 heterocycles. The quantitative estimate of drug-likeness (QED) is 0.706. The summed E-state index contributed by atoms with van der Waals surface area (Å²) in [7, 11) is 0. The zero-order chi connectivity index (χ0) is 19.4. The number of nitrogens with one attached hydrogen (secondary N) is 2. The van der Waals surface area contributed by atoms with Crippen LogP contribution >= 0.6 is 23.2 Å². The van der Waals surface area contributed by atoms with Gasteiger partial charge < -0.3 is 24.5 Å². The van der Waals surface area contributed by atoms with E-state index in [1.54, 1.807) is 37.3 Å². The van der Waals surface area contributed by atoms with Crippen molar-refractivity contribution in [3.63, 3.8) is 0 Å². The normalized spacial score (nSPS) is 16.6. The molecule has 1 aromatic carbocycles. The van der Waals surface area contributed by atoms with Crippen molar-refractivity contribution in [3.8, 4) is 5.75 Å². The second-order valence-corrected chi connectivity index (χ2v) is 6.29. The number of furan rings is 1. The van der Waals surface area contributed by atoms with Crippen LogP contribution in [0.25, 0.3) is 0 Å². The lowest BCUT2D eigenvalue weighted by atomic mass is 10.0. The third kappa shape index (κ3) is 4.20. The molecule has 0 saturated heterocycles. The summed E-state index contributed by atoms with van der Waals surface area (Å²) in [6, 6.07) is 6.94. The Bertz CT molecular complexity index is 880. The van der Waals surface area contributed by atoms with E-state index < -0.39 is 18.0 Å². The molecule has 1 atom stereocenters. The van der Waals surface area contributed by atoms with Crippen LogP contribution in [0.3, 0.4) is 0 Å². The van der Waals surface area contributed by atoms with Gasteiger partial charge in [-0.3, -0.25) is 0 Å². The van der Waals surface area contributed by atoms with E-state index in [2.05, 4.69) is 10.6 Å². The number of esters is 1. The van der Waals surface area contributed by atoms with E-state index in [0.717, 1.165) is 0 Å². The third-order valence-electron chi connectivity index (χ3n) is 3.76. The van der Waals surface area contributed by atoms with Crippen LogP contribution < -0.4 is 15.4 Å². The van der Waals surface area contributed by atoms with Crippen LogP contribution in [0.5, 0.6) is 5.75 Å². The minimum absolute atomic E-state index is 0.126. The maximum atomic E-state index is 12.5. The molecule has 9 heteroatoms. The number of benzene rings is 1. The van der Waals surface area contributed by atoms with Crippen LogP contribution in [-0.2, 0) is 9.53 Å². The van der Waals surface area contributed by atoms with Crippen LogP contribution in [0.15, 0.2) is 52.3 Å². The fraction of sp³-hybridized carbons (Fsp3) is 0.222. The largest absolute Gasteiger partial charge is 0.486 e. The number of rotatable bonds is 6. The Hall–Kier alpha value is -2.64. The maximum absolute atomic E-state index is 12.5. The minimum atomic E-state index is -0.804. The van der Waals surface area contributed by atoms with Crippen molar-refractivity contribution < 1.29 is 23.5 Å². The molecule has 0 aliphatic carbocycles. The van der Waals surface area contributed by atoms with E-state index in [9.17, 15) is 9.59 Å². The smallest absolute Gasteiger partial charge is 0.338 e. The molecule has 142 valence electrons. The van der Waals surface area contributed by atoms with Crippen LogP contribution in [0.2, 0.25) is 10.0 Å². The lowest BCUT2D eigenvalue weighted by Crippen LogP contribution is -2.47. The van der Waals surface area contributed by atoms with Crippen LogP contribution in [0.1, 0.15) is 18.7 Å². The lowest BCUT2D eigenvalue weighted by molar-refractivity contribution is -0.139. The Labute approximate surface area is 165 Å². The van der Waals surface area contributed by atoms with Crippen LogP contribution in [0, 0.1) is 0 Å². The summed E-state index contributed by atoms with van der Waals surface area (Å²) in [5.74, 6) is 0.121. The van der Waals surface area contributed by atoms with Crippen LogP contribution in [0.4, 0.5) is 4.79 Å². The molecule has 0 fully saturated rings. The highest BCUT2D eigenvalue weighted by molar-refractivity contribution is 6.42. The number of ether oxygens (including phenoxy) is 2. The molecule has 27 heavy (non-hydrogen) atoms. The average Bonchev–Trinajstić information content (AvgIpc) is 3.17. The summed E-state index contributed by atoms with van der Waals surface area (Å²) in [6.45, 7) is 1.74. The Kier molecular flexibility index (Phi) is 5.93. The number of urea groups is 1. The molecule has 1 aliphatic rings. The first-order chi connectivity index (χ1) is 13.0. The SMILES string of the molecule is CCOC(=O)C1=C(COc2cccc(Cl)c2Cl)NC(=O)NC1c1ccco1. The monoisotopic (exact) mass is 410 g/mol. The summed E-state index contributed by atoms with van der Waals surface area (Å²) in [5.41, 5.74) is 0.430. The van der Waals surface area contributed by atoms with Crippen molar-refractivity contribution in [1.29, 1.82) is 0 Å². The fourth-order valence-electron chi connectivity index (χ4n) is 2.60. The van der Waals surface area contributed by atoms with Gasteiger partial charge in [-0.05, 0) is 31.2 Å². The van der Waals surface area contributed by atoms with Gasteiger partial charge in [-0.15, -0.1) is 0 Å². The summed E-state index contributed by atoms with van der Waals surface area (Å²) >= 11 is 12.1. The number of hydrogen-bond acceptors (Lipinski definition) is 5. The van der Waals surface area contributed by atoms with Gasteiger partial charge in [-0.2, -0.15) is 0 Å². The van der Waals surface area contributed by atoms with Gasteiger partial charge in [0.15, 0.2) is 0 Å². The second-order valence-electron chi connectivity index (χ2n) is 5.50. The van der Waals surface area contributed by atoms with Crippen molar-refractivity contribution in [2.75, 3.05) is 13.2 Å². The predicted octanol–water partition coefficient (Wildman–Crippen LogP) is 3.84. The first-order valence-corrected chi connectivity index (χ1v) is 8.84. The van der Waals surface area contributed by atoms with Gasteiger partial charge in [0.2, 0.25) is 0 Å². The molecule has 3 rings (SSSR count). The number of carbonyl (C=O) groups excluding carboxylic acids is 2. The Morgan fingerprint density at radius 3 is 2.78 bits per heavy atom. The molecular weight excluding hydrogens is 395 g/mol. The van der Waals surface area contributed by atoms with Crippen molar-refractivity contribution >= 4 is 35.2 Å². The van der Waals surface area contributed by atoms with E-state index in [0.29, 0.717) is 16.5 Å². The van der Waals surface area contributed by atoms with Gasteiger partial charge in [-0.1, -0.05) is 29.3 Å². The molecule has 2 aromatic rings. The summed E-state index contributed by atoms with van der Waals surface area (Å²) in [6.07, 6.45) is 1.45. The molecule has 1 unspecified atom stereocenters. The summed E-state index contributed by atoms with van der Waals surface area (Å²) in [5, 5.41) is 5.81. The van der Waals surface area contributed by atoms with E-state index in [1.165, 1.54) is 6.26 Å². The van der Waals surface area contributed by atoms with Crippen molar-refractivity contribution in [3.05, 3.63) is 63.7 Å². The highest BCUT2D eigenvalue weighted by atomic mass is 35.5. The standard InChI is InChI=1S/C18H16Cl2N2O5/c1-2-25-17(23)14-11(9-27-12-6-3-5-10(19)15(12)20)21-18(24)22-16(14)13-7-4-8-26-13/h3-8,16H,2,9H2,1H3,(H2,21,22,24). The molecule has 2 amide bonds. The molecule has 1 aromatic heterocycles. The fourth-order valence-corrected chi connectivity index (χ4v) is 2.94. The van der Waals surface area contributed by atoms with E-state index in [-0.39, 0.29) is 29.5 Å². The van der Waals surface area contributed by atoms with Crippen molar-refractivity contribution in [2.45, 2.75) is 13.0 Å². The number of carbonyl (C=O) groups is 2. The first kappa shape index (κ1) is 19.1. The average molecular weight is 411 g/mol. The number of halogens is 2. The highest BCUT2D eigenvalue weighted by Gasteiger charge is 2.35. The molecule has 0 bridgehead atoms. The predicted molar refractivity (Wildman–Crippen MR) is 98.7 cm³/mol. The van der Waals surface area contributed by atoms with E-state index in [4.69, 9.17) is 37.1 Å². The molecule has 1 aliphatic heterocycles. The summed E-state index contributed by atoms with van der Waals surface area (Å²) < 4.78 is 16.2. The topological polar surface area (TPSA) is 89.8 Å². The van der Waals surface area contributed by atoms with Crippen LogP contribution in [-0.4, -0.2) is 25.2 Å². The van der Waals surface area contributed by atoms with Gasteiger partial charge in [-0.25, -0.2) is 9.59 Å². The zero-order valence-electron chi connectivity index (χ0n) is 14.3. The Morgan fingerprint density at radius 2 is 2.07 bits per heavy atom. The molecular formula is C18H16Cl2N2O5. The molecule has 0 spiro atoms. The number of amides is 2.